The smallest absolute Gasteiger partial charge is 0.239 e. The van der Waals surface area contributed by atoms with E-state index < -0.39 is 0 Å². The van der Waals surface area contributed by atoms with Gasteiger partial charge in [-0.15, -0.1) is 5.10 Å². The molecule has 0 saturated carbocycles. The molecule has 1 N–H and O–H groups in total. The fraction of sp³-hybridized carbons (Fsp3) is 0.375. The van der Waals surface area contributed by atoms with Gasteiger partial charge in [-0.25, -0.2) is 4.98 Å². The van der Waals surface area contributed by atoms with E-state index in [9.17, 15) is 0 Å². The molecule has 3 aromatic rings. The Labute approximate surface area is 139 Å². The van der Waals surface area contributed by atoms with E-state index in [-0.39, 0.29) is 5.25 Å². The third-order valence-electron chi connectivity index (χ3n) is 3.38. The molecule has 0 spiro atoms. The number of aromatic amines is 1. The van der Waals surface area contributed by atoms with Gasteiger partial charge in [0.2, 0.25) is 11.0 Å². The number of aromatic nitrogens is 5. The second kappa shape index (κ2) is 6.95. The van der Waals surface area contributed by atoms with Gasteiger partial charge < -0.3 is 4.52 Å². The molecule has 0 aliphatic carbocycles. The number of thioether (sulfide) groups is 1. The van der Waals surface area contributed by atoms with E-state index in [0.717, 1.165) is 30.1 Å². The number of H-pyrrole nitrogens is 1. The maximum atomic E-state index is 5.31. The van der Waals surface area contributed by atoms with Gasteiger partial charge in [-0.3, -0.25) is 5.10 Å². The number of nitrogens with one attached hydrogen (secondary N) is 1. The number of hydrogen-bond donors (Lipinski definition) is 1. The first-order valence-electron chi connectivity index (χ1n) is 7.64. The Bertz CT molecular complexity index is 765. The van der Waals surface area contributed by atoms with Crippen molar-refractivity contribution in [1.29, 1.82) is 0 Å². The zero-order valence-electron chi connectivity index (χ0n) is 13.4. The van der Waals surface area contributed by atoms with Gasteiger partial charge in [0.1, 0.15) is 0 Å². The lowest BCUT2D eigenvalue weighted by Crippen LogP contribution is -1.91. The van der Waals surface area contributed by atoms with Crippen LogP contribution in [0.1, 0.15) is 42.8 Å². The maximum Gasteiger partial charge on any atom is 0.239 e. The average Bonchev–Trinajstić information content (AvgIpc) is 3.18. The highest BCUT2D eigenvalue weighted by atomic mass is 32.2. The van der Waals surface area contributed by atoms with Gasteiger partial charge in [-0.2, -0.15) is 4.98 Å². The molecule has 0 fully saturated rings. The molecule has 0 amide bonds. The van der Waals surface area contributed by atoms with E-state index >= 15 is 0 Å². The Morgan fingerprint density at radius 3 is 2.74 bits per heavy atom. The SMILES string of the molecule is CCCc1noc([C@H](C)Sc2n[nH]c(-c3ccc(C)cc3)n2)n1. The second-order valence-electron chi connectivity index (χ2n) is 5.39. The molecule has 3 rings (SSSR count). The highest BCUT2D eigenvalue weighted by Gasteiger charge is 2.18. The fourth-order valence-electron chi connectivity index (χ4n) is 2.11. The van der Waals surface area contributed by atoms with Gasteiger partial charge in [0, 0.05) is 12.0 Å². The molecule has 1 aromatic carbocycles. The molecule has 120 valence electrons. The van der Waals surface area contributed by atoms with Crippen molar-refractivity contribution in [3.05, 3.63) is 41.5 Å². The maximum absolute atomic E-state index is 5.31. The molecule has 0 radical (unpaired) electrons. The Kier molecular flexibility index (Phi) is 4.76. The molecule has 23 heavy (non-hydrogen) atoms. The van der Waals surface area contributed by atoms with Crippen molar-refractivity contribution >= 4 is 11.8 Å². The van der Waals surface area contributed by atoms with E-state index in [2.05, 4.69) is 51.3 Å². The lowest BCUT2D eigenvalue weighted by molar-refractivity contribution is 0.374. The summed E-state index contributed by atoms with van der Waals surface area (Å²) in [7, 11) is 0. The summed E-state index contributed by atoms with van der Waals surface area (Å²) in [5.41, 5.74) is 2.24. The summed E-state index contributed by atoms with van der Waals surface area (Å²) in [4.78, 5) is 8.93. The third-order valence-corrected chi connectivity index (χ3v) is 4.33. The topological polar surface area (TPSA) is 80.5 Å². The second-order valence-corrected chi connectivity index (χ2v) is 6.70. The van der Waals surface area contributed by atoms with E-state index in [4.69, 9.17) is 4.52 Å². The first kappa shape index (κ1) is 15.7. The monoisotopic (exact) mass is 329 g/mol. The van der Waals surface area contributed by atoms with E-state index in [0.29, 0.717) is 11.0 Å². The van der Waals surface area contributed by atoms with Crippen LogP contribution < -0.4 is 0 Å². The third kappa shape index (κ3) is 3.79. The standard InChI is InChI=1S/C16H19N5OS/c1-4-5-13-17-15(22-21-13)11(3)23-16-18-14(19-20-16)12-8-6-10(2)7-9-12/h6-9,11H,4-5H2,1-3H3,(H,18,19,20)/t11-/m0/s1. The minimum atomic E-state index is 0.00905. The fourth-order valence-corrected chi connectivity index (χ4v) is 2.86. The number of hydrogen-bond acceptors (Lipinski definition) is 6. The minimum absolute atomic E-state index is 0.00905. The Morgan fingerprint density at radius 2 is 2.00 bits per heavy atom. The van der Waals surface area contributed by atoms with Crippen LogP contribution >= 0.6 is 11.8 Å². The van der Waals surface area contributed by atoms with Gasteiger partial charge in [0.05, 0.1) is 5.25 Å². The van der Waals surface area contributed by atoms with Crippen LogP contribution in [0.25, 0.3) is 11.4 Å². The lowest BCUT2D eigenvalue weighted by Gasteiger charge is -2.01. The highest BCUT2D eigenvalue weighted by Crippen LogP contribution is 2.32. The van der Waals surface area contributed by atoms with Gasteiger partial charge in [0.25, 0.3) is 0 Å². The predicted octanol–water partition coefficient (Wildman–Crippen LogP) is 3.97. The summed E-state index contributed by atoms with van der Waals surface area (Å²) < 4.78 is 5.31. The van der Waals surface area contributed by atoms with Gasteiger partial charge >= 0.3 is 0 Å². The van der Waals surface area contributed by atoms with Gasteiger partial charge in [-0.1, -0.05) is 53.7 Å². The number of benzene rings is 1. The molecule has 7 heteroatoms. The van der Waals surface area contributed by atoms with Crippen LogP contribution in [-0.4, -0.2) is 25.3 Å². The van der Waals surface area contributed by atoms with Crippen molar-refractivity contribution < 1.29 is 4.52 Å². The lowest BCUT2D eigenvalue weighted by atomic mass is 10.1. The Morgan fingerprint density at radius 1 is 1.22 bits per heavy atom. The van der Waals surface area contributed by atoms with Crippen molar-refractivity contribution in [2.75, 3.05) is 0 Å². The summed E-state index contributed by atoms with van der Waals surface area (Å²) in [5, 5.41) is 11.9. The van der Waals surface area contributed by atoms with Crippen LogP contribution in [0.3, 0.4) is 0 Å². The number of aryl methyl sites for hydroxylation is 2. The van der Waals surface area contributed by atoms with Gasteiger partial charge in [-0.05, 0) is 20.3 Å². The Balaban J connectivity index is 1.69. The van der Waals surface area contributed by atoms with Crippen molar-refractivity contribution in [2.45, 2.75) is 44.0 Å². The van der Waals surface area contributed by atoms with E-state index in [1.807, 2.05) is 19.1 Å². The van der Waals surface area contributed by atoms with Gasteiger partial charge in [0.15, 0.2) is 11.6 Å². The van der Waals surface area contributed by atoms with Crippen LogP contribution in [-0.2, 0) is 6.42 Å². The molecule has 0 saturated heterocycles. The molecule has 0 aliphatic rings. The minimum Gasteiger partial charge on any atom is -0.338 e. The molecule has 2 aromatic heterocycles. The largest absolute Gasteiger partial charge is 0.338 e. The molecule has 1 atom stereocenters. The van der Waals surface area contributed by atoms with Crippen molar-refractivity contribution in [3.8, 4) is 11.4 Å². The summed E-state index contributed by atoms with van der Waals surface area (Å²) in [6.07, 6.45) is 1.83. The van der Waals surface area contributed by atoms with Crippen molar-refractivity contribution in [1.82, 2.24) is 25.3 Å². The normalized spacial score (nSPS) is 12.5. The average molecular weight is 329 g/mol. The van der Waals surface area contributed by atoms with Crippen molar-refractivity contribution in [3.63, 3.8) is 0 Å². The molecule has 2 heterocycles. The van der Waals surface area contributed by atoms with E-state index in [1.54, 1.807) is 0 Å². The summed E-state index contributed by atoms with van der Waals surface area (Å²) in [5.74, 6) is 2.13. The van der Waals surface area contributed by atoms with Crippen LogP contribution in [0.4, 0.5) is 0 Å². The van der Waals surface area contributed by atoms with Crippen LogP contribution in [0.2, 0.25) is 0 Å². The quantitative estimate of drug-likeness (QED) is 0.689. The molecule has 6 nitrogen and oxygen atoms in total. The molecular weight excluding hydrogens is 310 g/mol. The van der Waals surface area contributed by atoms with Crippen LogP contribution in [0.5, 0.6) is 0 Å². The number of rotatable bonds is 6. The van der Waals surface area contributed by atoms with Crippen LogP contribution in [0, 0.1) is 6.92 Å². The summed E-state index contributed by atoms with van der Waals surface area (Å²) in [6, 6.07) is 8.17. The zero-order valence-corrected chi connectivity index (χ0v) is 14.2. The molecular formula is C16H19N5OS. The molecule has 0 aliphatic heterocycles. The first-order valence-corrected chi connectivity index (χ1v) is 8.52. The first-order chi connectivity index (χ1) is 11.2. The highest BCUT2D eigenvalue weighted by molar-refractivity contribution is 7.99. The summed E-state index contributed by atoms with van der Waals surface area (Å²) in [6.45, 7) is 6.16. The van der Waals surface area contributed by atoms with Crippen molar-refractivity contribution in [2.24, 2.45) is 0 Å². The molecule has 0 unspecified atom stereocenters. The zero-order chi connectivity index (χ0) is 16.2. The number of nitrogens with zero attached hydrogens (tertiary/aromatic N) is 4. The van der Waals surface area contributed by atoms with E-state index in [1.165, 1.54) is 17.3 Å². The Hall–Kier alpha value is -2.15. The summed E-state index contributed by atoms with van der Waals surface area (Å²) >= 11 is 1.50. The van der Waals surface area contributed by atoms with Crippen LogP contribution in [0.15, 0.2) is 33.9 Å². The predicted molar refractivity (Wildman–Crippen MR) is 89.1 cm³/mol. The molecule has 0 bridgehead atoms.